The first-order valence-corrected chi connectivity index (χ1v) is 8.84. The van der Waals surface area contributed by atoms with E-state index in [1.807, 2.05) is 31.3 Å². The largest absolute Gasteiger partial charge is 0.465 e. The third kappa shape index (κ3) is 4.18. The van der Waals surface area contributed by atoms with Crippen LogP contribution in [0.1, 0.15) is 34.7 Å². The van der Waals surface area contributed by atoms with E-state index in [0.717, 1.165) is 5.56 Å². The first-order valence-electron chi connectivity index (χ1n) is 8.46. The summed E-state index contributed by atoms with van der Waals surface area (Å²) in [6, 6.07) is 12.4. The van der Waals surface area contributed by atoms with Gasteiger partial charge in [0.2, 0.25) is 0 Å². The lowest BCUT2D eigenvalue weighted by Crippen LogP contribution is -2.25. The predicted octanol–water partition coefficient (Wildman–Crippen LogP) is 3.56. The quantitative estimate of drug-likeness (QED) is 0.680. The molecule has 2 aromatic carbocycles. The van der Waals surface area contributed by atoms with Crippen LogP contribution in [0, 0.1) is 0 Å². The number of fused-ring (bicyclic) bond motifs is 1. The average Bonchev–Trinajstić information content (AvgIpc) is 2.66. The normalized spacial score (nSPS) is 12.3. The van der Waals surface area contributed by atoms with Crippen molar-refractivity contribution < 1.29 is 9.53 Å². The summed E-state index contributed by atoms with van der Waals surface area (Å²) in [7, 11) is 3.26. The number of carbonyl (C=O) groups is 1. The van der Waals surface area contributed by atoms with Gasteiger partial charge < -0.3 is 9.72 Å². The molecule has 3 aromatic rings. The first kappa shape index (κ1) is 19.1. The second-order valence-electron chi connectivity index (χ2n) is 6.38. The van der Waals surface area contributed by atoms with Crippen molar-refractivity contribution in [1.29, 1.82) is 0 Å². The highest BCUT2D eigenvalue weighted by Gasteiger charge is 2.15. The van der Waals surface area contributed by atoms with E-state index in [0.29, 0.717) is 33.9 Å². The van der Waals surface area contributed by atoms with Crippen molar-refractivity contribution in [2.45, 2.75) is 19.5 Å². The molecule has 1 atom stereocenters. The van der Waals surface area contributed by atoms with Crippen LogP contribution in [-0.4, -0.2) is 35.0 Å². The van der Waals surface area contributed by atoms with Gasteiger partial charge in [0.25, 0.3) is 5.56 Å². The van der Waals surface area contributed by atoms with Crippen molar-refractivity contribution in [2.75, 3.05) is 14.2 Å². The molecule has 0 amide bonds. The number of aromatic nitrogens is 2. The highest BCUT2D eigenvalue weighted by Crippen LogP contribution is 2.23. The summed E-state index contributed by atoms with van der Waals surface area (Å²) in [5, 5.41) is 1.11. The Balaban J connectivity index is 1.89. The van der Waals surface area contributed by atoms with Crippen LogP contribution in [0.5, 0.6) is 0 Å². The van der Waals surface area contributed by atoms with Crippen molar-refractivity contribution in [3.8, 4) is 0 Å². The van der Waals surface area contributed by atoms with E-state index < -0.39 is 5.97 Å². The van der Waals surface area contributed by atoms with Gasteiger partial charge in [0.1, 0.15) is 5.82 Å². The van der Waals surface area contributed by atoms with Crippen molar-refractivity contribution in [3.63, 3.8) is 0 Å². The lowest BCUT2D eigenvalue weighted by atomic mass is 10.1. The monoisotopic (exact) mass is 385 g/mol. The van der Waals surface area contributed by atoms with Crippen LogP contribution < -0.4 is 5.56 Å². The average molecular weight is 386 g/mol. The molecule has 1 N–H and O–H groups in total. The molecule has 0 aliphatic rings. The fourth-order valence-corrected chi connectivity index (χ4v) is 3.10. The summed E-state index contributed by atoms with van der Waals surface area (Å²) in [5.41, 5.74) is 1.64. The number of rotatable bonds is 5. The van der Waals surface area contributed by atoms with Crippen LogP contribution in [0.15, 0.2) is 47.3 Å². The molecule has 7 heteroatoms. The second kappa shape index (κ2) is 7.90. The number of carbonyl (C=O) groups excluding carboxylic acids is 1. The first-order chi connectivity index (χ1) is 12.9. The maximum absolute atomic E-state index is 12.4. The van der Waals surface area contributed by atoms with Gasteiger partial charge in [-0.25, -0.2) is 9.78 Å². The molecule has 27 heavy (non-hydrogen) atoms. The van der Waals surface area contributed by atoms with Gasteiger partial charge in [-0.05, 0) is 49.9 Å². The number of esters is 1. The maximum atomic E-state index is 12.4. The number of nitrogens with zero attached hydrogens (tertiary/aromatic N) is 2. The minimum Gasteiger partial charge on any atom is -0.465 e. The maximum Gasteiger partial charge on any atom is 0.337 e. The Morgan fingerprint density at radius 3 is 2.78 bits per heavy atom. The number of ether oxygens (including phenoxy) is 1. The van der Waals surface area contributed by atoms with Crippen LogP contribution in [-0.2, 0) is 11.3 Å². The van der Waals surface area contributed by atoms with Crippen LogP contribution in [0.25, 0.3) is 10.9 Å². The molecule has 140 valence electrons. The smallest absolute Gasteiger partial charge is 0.337 e. The zero-order chi connectivity index (χ0) is 19.6. The Bertz CT molecular complexity index is 1050. The molecule has 0 spiro atoms. The van der Waals surface area contributed by atoms with E-state index in [4.69, 9.17) is 16.3 Å². The molecular formula is C20H20ClN3O3. The Kier molecular flexibility index (Phi) is 5.58. The number of aromatic amines is 1. The van der Waals surface area contributed by atoms with Gasteiger partial charge in [0.15, 0.2) is 0 Å². The molecule has 3 rings (SSSR count). The summed E-state index contributed by atoms with van der Waals surface area (Å²) in [6.45, 7) is 2.49. The molecular weight excluding hydrogens is 366 g/mol. The number of methoxy groups -OCH3 is 1. The number of nitrogens with one attached hydrogen (secondary N) is 1. The number of benzene rings is 2. The van der Waals surface area contributed by atoms with E-state index in [1.165, 1.54) is 7.11 Å². The fraction of sp³-hybridized carbons (Fsp3) is 0.250. The number of H-pyrrole nitrogens is 1. The molecule has 1 heterocycles. The minimum atomic E-state index is -0.466. The van der Waals surface area contributed by atoms with E-state index in [-0.39, 0.29) is 11.6 Å². The zero-order valence-electron chi connectivity index (χ0n) is 15.3. The van der Waals surface area contributed by atoms with Gasteiger partial charge in [-0.1, -0.05) is 23.7 Å². The molecule has 0 bridgehead atoms. The van der Waals surface area contributed by atoms with Crippen LogP contribution in [0.3, 0.4) is 0 Å². The molecule has 1 unspecified atom stereocenters. The standard InChI is InChI=1S/C20H20ClN3O3/c1-12(13-5-4-6-15(21)9-13)24(2)11-18-22-17-10-14(20(26)27-3)7-8-16(17)19(25)23-18/h4-10,12H,11H2,1-3H3,(H,22,23,25). The molecule has 0 aliphatic carbocycles. The SMILES string of the molecule is COC(=O)c1ccc2c(=O)[nH]c(CN(C)C(C)c3cccc(Cl)c3)nc2c1. The molecule has 6 nitrogen and oxygen atoms in total. The lowest BCUT2D eigenvalue weighted by Gasteiger charge is -2.24. The fourth-order valence-electron chi connectivity index (χ4n) is 2.90. The van der Waals surface area contributed by atoms with E-state index >= 15 is 0 Å². The predicted molar refractivity (Wildman–Crippen MR) is 105 cm³/mol. The van der Waals surface area contributed by atoms with Crippen molar-refractivity contribution in [3.05, 3.63) is 74.8 Å². The molecule has 0 saturated heterocycles. The van der Waals surface area contributed by atoms with Gasteiger partial charge in [-0.3, -0.25) is 9.69 Å². The molecule has 0 aliphatic heterocycles. The Hall–Kier alpha value is -2.70. The highest BCUT2D eigenvalue weighted by molar-refractivity contribution is 6.30. The summed E-state index contributed by atoms with van der Waals surface area (Å²) in [4.78, 5) is 33.5. The van der Waals surface area contributed by atoms with Gasteiger partial charge in [0, 0.05) is 11.1 Å². The summed E-state index contributed by atoms with van der Waals surface area (Å²) < 4.78 is 4.73. The van der Waals surface area contributed by atoms with E-state index in [1.54, 1.807) is 18.2 Å². The summed E-state index contributed by atoms with van der Waals surface area (Å²) in [6.07, 6.45) is 0. The summed E-state index contributed by atoms with van der Waals surface area (Å²) in [5.74, 6) is 0.0538. The van der Waals surface area contributed by atoms with Crippen LogP contribution in [0.4, 0.5) is 0 Å². The number of halogens is 1. The second-order valence-corrected chi connectivity index (χ2v) is 6.82. The topological polar surface area (TPSA) is 75.3 Å². The molecule has 1 aromatic heterocycles. The Morgan fingerprint density at radius 2 is 2.07 bits per heavy atom. The molecule has 0 saturated carbocycles. The molecule has 0 fully saturated rings. The van der Waals surface area contributed by atoms with Crippen LogP contribution >= 0.6 is 11.6 Å². The van der Waals surface area contributed by atoms with E-state index in [2.05, 4.69) is 21.8 Å². The third-order valence-corrected chi connectivity index (χ3v) is 4.80. The van der Waals surface area contributed by atoms with Gasteiger partial charge in [0.05, 0.1) is 30.1 Å². The minimum absolute atomic E-state index is 0.0751. The van der Waals surface area contributed by atoms with E-state index in [9.17, 15) is 9.59 Å². The van der Waals surface area contributed by atoms with Crippen LogP contribution in [0.2, 0.25) is 5.02 Å². The summed E-state index contributed by atoms with van der Waals surface area (Å²) >= 11 is 6.08. The van der Waals surface area contributed by atoms with Crippen molar-refractivity contribution in [1.82, 2.24) is 14.9 Å². The third-order valence-electron chi connectivity index (χ3n) is 4.57. The number of hydrogen-bond acceptors (Lipinski definition) is 5. The zero-order valence-corrected chi connectivity index (χ0v) is 16.1. The highest BCUT2D eigenvalue weighted by atomic mass is 35.5. The van der Waals surface area contributed by atoms with Crippen molar-refractivity contribution in [2.24, 2.45) is 0 Å². The Morgan fingerprint density at radius 1 is 1.30 bits per heavy atom. The molecule has 0 radical (unpaired) electrons. The number of hydrogen-bond donors (Lipinski definition) is 1. The van der Waals surface area contributed by atoms with Crippen molar-refractivity contribution >= 4 is 28.5 Å². The van der Waals surface area contributed by atoms with Gasteiger partial charge >= 0.3 is 5.97 Å². The lowest BCUT2D eigenvalue weighted by molar-refractivity contribution is 0.0601. The van der Waals surface area contributed by atoms with Gasteiger partial charge in [-0.15, -0.1) is 0 Å². The van der Waals surface area contributed by atoms with Gasteiger partial charge in [-0.2, -0.15) is 0 Å². The Labute approximate surface area is 161 Å².